The molecule has 0 unspecified atom stereocenters. The van der Waals surface area contributed by atoms with Crippen LogP contribution in [0.15, 0.2) is 42.5 Å². The molecule has 118 valence electrons. The van der Waals surface area contributed by atoms with Crippen LogP contribution in [0.5, 0.6) is 0 Å². The number of carbonyl (C=O) groups excluding carboxylic acids is 1. The van der Waals surface area contributed by atoms with E-state index in [0.29, 0.717) is 6.54 Å². The number of Topliss-reactive ketones (excluding diaryl/α,β-unsaturated/α-hetero) is 1. The molecule has 4 bridgehead atoms. The van der Waals surface area contributed by atoms with Crippen molar-refractivity contribution in [1.82, 2.24) is 14.7 Å². The van der Waals surface area contributed by atoms with Gasteiger partial charge in [-0.15, -0.1) is 0 Å². The maximum Gasteiger partial charge on any atom is 0.217 e. The van der Waals surface area contributed by atoms with Gasteiger partial charge in [-0.3, -0.25) is 9.28 Å². The molecule has 6 rings (SSSR count). The van der Waals surface area contributed by atoms with Gasteiger partial charge in [0, 0.05) is 5.56 Å². The fourth-order valence-corrected chi connectivity index (χ4v) is 4.57. The van der Waals surface area contributed by atoms with Crippen molar-refractivity contribution < 1.29 is 9.28 Å². The molecular formula is C18H21N4O+. The average molecular weight is 309 g/mol. The fourth-order valence-electron chi connectivity index (χ4n) is 4.57. The molecule has 0 spiro atoms. The lowest BCUT2D eigenvalue weighted by atomic mass is 10.0. The van der Waals surface area contributed by atoms with Gasteiger partial charge >= 0.3 is 0 Å². The minimum Gasteiger partial charge on any atom is -0.288 e. The molecular weight excluding hydrogens is 288 g/mol. The quantitative estimate of drug-likeness (QED) is 0.635. The highest BCUT2D eigenvalue weighted by atomic mass is 16.1. The Kier molecular flexibility index (Phi) is 2.87. The highest BCUT2D eigenvalue weighted by Crippen LogP contribution is 2.29. The molecule has 0 atom stereocenters. The summed E-state index contributed by atoms with van der Waals surface area (Å²) in [5.74, 6) is 0.265. The number of fused-ring (bicyclic) bond motifs is 1. The van der Waals surface area contributed by atoms with Crippen molar-refractivity contribution in [1.29, 1.82) is 0 Å². The van der Waals surface area contributed by atoms with Crippen molar-refractivity contribution in [2.75, 3.05) is 46.6 Å². The standard InChI is InChI=1S/C18H21N4O/c23-18(17-6-5-15-3-1-2-4-16(15)7-17)8-22-12-19-9-20(13-22)11-21(10-19)14-22/h1-7H,8-14H2/q+1. The Morgan fingerprint density at radius 3 is 2.13 bits per heavy atom. The van der Waals surface area contributed by atoms with Crippen molar-refractivity contribution in [3.05, 3.63) is 48.0 Å². The summed E-state index contributed by atoms with van der Waals surface area (Å²) < 4.78 is 0.867. The predicted octanol–water partition coefficient (Wildman–Crippen LogP) is 1.53. The number of hydrogen-bond donors (Lipinski definition) is 0. The second-order valence-corrected chi connectivity index (χ2v) is 7.35. The molecule has 4 heterocycles. The first kappa shape index (κ1) is 13.6. The van der Waals surface area contributed by atoms with Crippen molar-refractivity contribution >= 4 is 16.6 Å². The normalized spacial score (nSPS) is 34.9. The molecule has 0 amide bonds. The molecule has 0 aliphatic carbocycles. The van der Waals surface area contributed by atoms with Gasteiger partial charge in [-0.05, 0) is 16.8 Å². The SMILES string of the molecule is O=C(C[N+]12CN3CN(CN(C3)C1)C2)c1ccc2ccccc2c1. The van der Waals surface area contributed by atoms with E-state index in [1.165, 1.54) is 5.39 Å². The van der Waals surface area contributed by atoms with Crippen molar-refractivity contribution in [2.45, 2.75) is 0 Å². The third-order valence-electron chi connectivity index (χ3n) is 5.25. The van der Waals surface area contributed by atoms with Gasteiger partial charge in [-0.2, -0.15) is 0 Å². The van der Waals surface area contributed by atoms with E-state index in [1.54, 1.807) is 0 Å². The molecule has 0 aromatic heterocycles. The molecule has 0 radical (unpaired) electrons. The summed E-state index contributed by atoms with van der Waals surface area (Å²) in [5, 5.41) is 2.34. The molecule has 4 saturated heterocycles. The monoisotopic (exact) mass is 309 g/mol. The second-order valence-electron chi connectivity index (χ2n) is 7.35. The Hall–Kier alpha value is -1.79. The van der Waals surface area contributed by atoms with Crippen LogP contribution < -0.4 is 0 Å². The number of rotatable bonds is 3. The third-order valence-corrected chi connectivity index (χ3v) is 5.25. The number of quaternary nitrogens is 1. The zero-order valence-corrected chi connectivity index (χ0v) is 13.2. The summed E-state index contributed by atoms with van der Waals surface area (Å²) in [4.78, 5) is 20.2. The molecule has 4 aliphatic heterocycles. The average Bonchev–Trinajstić information content (AvgIpc) is 2.52. The maximum absolute atomic E-state index is 12.9. The molecule has 5 heteroatoms. The van der Waals surface area contributed by atoms with Gasteiger partial charge in [-0.25, -0.2) is 14.7 Å². The Balaban J connectivity index is 1.42. The zero-order chi connectivity index (χ0) is 15.4. The largest absolute Gasteiger partial charge is 0.288 e. The first-order valence-corrected chi connectivity index (χ1v) is 8.23. The summed E-state index contributed by atoms with van der Waals surface area (Å²) in [6.07, 6.45) is 0. The van der Waals surface area contributed by atoms with Gasteiger partial charge in [0.2, 0.25) is 5.78 Å². The van der Waals surface area contributed by atoms with Crippen LogP contribution in [0.1, 0.15) is 10.4 Å². The smallest absolute Gasteiger partial charge is 0.217 e. The first-order chi connectivity index (χ1) is 11.2. The van der Waals surface area contributed by atoms with Crippen LogP contribution in [0.25, 0.3) is 10.8 Å². The van der Waals surface area contributed by atoms with Crippen molar-refractivity contribution in [3.63, 3.8) is 0 Å². The zero-order valence-electron chi connectivity index (χ0n) is 13.2. The Morgan fingerprint density at radius 2 is 1.48 bits per heavy atom. The van der Waals surface area contributed by atoms with Gasteiger partial charge in [-0.1, -0.05) is 36.4 Å². The van der Waals surface area contributed by atoms with Crippen LogP contribution >= 0.6 is 0 Å². The van der Waals surface area contributed by atoms with Crippen LogP contribution in [-0.4, -0.2) is 71.5 Å². The van der Waals surface area contributed by atoms with Crippen LogP contribution in [-0.2, 0) is 0 Å². The highest BCUT2D eigenvalue weighted by molar-refractivity contribution is 6.00. The minimum absolute atomic E-state index is 0.265. The molecule has 0 saturated carbocycles. The summed E-state index contributed by atoms with van der Waals surface area (Å²) in [7, 11) is 0. The molecule has 0 N–H and O–H groups in total. The maximum atomic E-state index is 12.9. The Morgan fingerprint density at radius 1 is 0.870 bits per heavy atom. The molecule has 5 nitrogen and oxygen atoms in total. The Labute approximate surface area is 135 Å². The van der Waals surface area contributed by atoms with E-state index in [4.69, 9.17) is 0 Å². The van der Waals surface area contributed by atoms with E-state index in [0.717, 1.165) is 55.4 Å². The highest BCUT2D eigenvalue weighted by Gasteiger charge is 2.49. The molecule has 2 aromatic rings. The van der Waals surface area contributed by atoms with Crippen LogP contribution in [0.2, 0.25) is 0 Å². The van der Waals surface area contributed by atoms with Crippen molar-refractivity contribution in [2.24, 2.45) is 0 Å². The Bertz CT molecular complexity index is 752. The molecule has 2 aromatic carbocycles. The van der Waals surface area contributed by atoms with Gasteiger partial charge in [0.1, 0.15) is 26.6 Å². The van der Waals surface area contributed by atoms with Crippen molar-refractivity contribution in [3.8, 4) is 0 Å². The van der Waals surface area contributed by atoms with E-state index in [2.05, 4.69) is 32.9 Å². The van der Waals surface area contributed by atoms with E-state index in [-0.39, 0.29) is 5.78 Å². The van der Waals surface area contributed by atoms with E-state index >= 15 is 0 Å². The lowest BCUT2D eigenvalue weighted by molar-refractivity contribution is -0.973. The fraction of sp³-hybridized carbons (Fsp3) is 0.389. The topological polar surface area (TPSA) is 26.8 Å². The summed E-state index contributed by atoms with van der Waals surface area (Å²) >= 11 is 0. The molecule has 4 aliphatic rings. The van der Waals surface area contributed by atoms with Crippen LogP contribution in [0.3, 0.4) is 0 Å². The van der Waals surface area contributed by atoms with Gasteiger partial charge in [0.05, 0.1) is 20.0 Å². The number of ketones is 1. The van der Waals surface area contributed by atoms with Gasteiger partial charge < -0.3 is 0 Å². The summed E-state index contributed by atoms with van der Waals surface area (Å²) in [6.45, 7) is 6.79. The van der Waals surface area contributed by atoms with Gasteiger partial charge in [0.25, 0.3) is 0 Å². The summed E-state index contributed by atoms with van der Waals surface area (Å²) in [6, 6.07) is 14.3. The number of hydrogen-bond acceptors (Lipinski definition) is 4. The van der Waals surface area contributed by atoms with E-state index < -0.39 is 0 Å². The second kappa shape index (κ2) is 4.85. The third kappa shape index (κ3) is 2.28. The summed E-state index contributed by atoms with van der Waals surface area (Å²) in [5.41, 5.74) is 0.845. The van der Waals surface area contributed by atoms with Crippen LogP contribution in [0.4, 0.5) is 0 Å². The lowest BCUT2D eigenvalue weighted by Crippen LogP contribution is -2.79. The lowest BCUT2D eigenvalue weighted by Gasteiger charge is -2.60. The first-order valence-electron chi connectivity index (χ1n) is 8.23. The number of carbonyl (C=O) groups is 1. The number of nitrogens with zero attached hydrogens (tertiary/aromatic N) is 4. The van der Waals surface area contributed by atoms with E-state index in [1.807, 2.05) is 24.3 Å². The molecule has 23 heavy (non-hydrogen) atoms. The minimum atomic E-state index is 0.265. The predicted molar refractivity (Wildman–Crippen MR) is 88.1 cm³/mol. The number of benzene rings is 2. The van der Waals surface area contributed by atoms with E-state index in [9.17, 15) is 4.79 Å². The molecule has 4 fully saturated rings. The van der Waals surface area contributed by atoms with Gasteiger partial charge in [0.15, 0.2) is 0 Å². The van der Waals surface area contributed by atoms with Crippen LogP contribution in [0, 0.1) is 0 Å².